The van der Waals surface area contributed by atoms with Crippen molar-refractivity contribution in [2.24, 2.45) is 5.73 Å². The summed E-state index contributed by atoms with van der Waals surface area (Å²) in [5.74, 6) is 0. The molecule has 0 spiro atoms. The zero-order valence-electron chi connectivity index (χ0n) is 10.0. The van der Waals surface area contributed by atoms with Gasteiger partial charge in [0.2, 0.25) is 0 Å². The summed E-state index contributed by atoms with van der Waals surface area (Å²) >= 11 is 0. The van der Waals surface area contributed by atoms with Crippen molar-refractivity contribution < 1.29 is 0 Å². The maximum Gasteiger partial charge on any atom is 0.0424 e. The standard InChI is InChI=1S/C13H22N2/c1-4-6-11-7-5-8-12(9-11)13(14)10-15(2)3/h5,7-9,13H,4,6,10,14H2,1-3H3. The zero-order valence-corrected chi connectivity index (χ0v) is 10.0. The Kier molecular flexibility index (Phi) is 4.79. The van der Waals surface area contributed by atoms with Crippen LogP contribution in [0.3, 0.4) is 0 Å². The number of nitrogens with two attached hydrogens (primary N) is 1. The molecule has 84 valence electrons. The van der Waals surface area contributed by atoms with Crippen molar-refractivity contribution in [1.29, 1.82) is 0 Å². The molecule has 1 aromatic rings. The zero-order chi connectivity index (χ0) is 11.3. The van der Waals surface area contributed by atoms with Crippen LogP contribution in [0.25, 0.3) is 0 Å². The molecule has 0 saturated heterocycles. The molecule has 0 aliphatic carbocycles. The molecule has 0 aliphatic rings. The van der Waals surface area contributed by atoms with E-state index >= 15 is 0 Å². The minimum Gasteiger partial charge on any atom is -0.323 e. The first-order valence-electron chi connectivity index (χ1n) is 5.62. The third-order valence-corrected chi connectivity index (χ3v) is 2.48. The van der Waals surface area contributed by atoms with Crippen molar-refractivity contribution in [1.82, 2.24) is 4.90 Å². The van der Waals surface area contributed by atoms with Crippen molar-refractivity contribution in [3.8, 4) is 0 Å². The van der Waals surface area contributed by atoms with Crippen molar-refractivity contribution in [3.05, 3.63) is 35.4 Å². The number of benzene rings is 1. The molecule has 0 aromatic heterocycles. The second kappa shape index (κ2) is 5.89. The van der Waals surface area contributed by atoms with Crippen molar-refractivity contribution >= 4 is 0 Å². The highest BCUT2D eigenvalue weighted by Crippen LogP contribution is 2.14. The molecule has 2 heteroatoms. The van der Waals surface area contributed by atoms with Gasteiger partial charge in [-0.05, 0) is 31.6 Å². The quantitative estimate of drug-likeness (QED) is 0.800. The van der Waals surface area contributed by atoms with Crippen molar-refractivity contribution in [2.45, 2.75) is 25.8 Å². The molecule has 15 heavy (non-hydrogen) atoms. The van der Waals surface area contributed by atoms with Crippen LogP contribution in [-0.2, 0) is 6.42 Å². The molecule has 0 radical (unpaired) electrons. The number of hydrogen-bond acceptors (Lipinski definition) is 2. The Morgan fingerprint density at radius 3 is 2.67 bits per heavy atom. The summed E-state index contributed by atoms with van der Waals surface area (Å²) in [5, 5.41) is 0. The molecule has 0 amide bonds. The molecule has 2 nitrogen and oxygen atoms in total. The van der Waals surface area contributed by atoms with E-state index in [1.165, 1.54) is 17.5 Å². The lowest BCUT2D eigenvalue weighted by molar-refractivity contribution is 0.376. The lowest BCUT2D eigenvalue weighted by Crippen LogP contribution is -2.26. The van der Waals surface area contributed by atoms with Crippen LogP contribution in [0.2, 0.25) is 0 Å². The summed E-state index contributed by atoms with van der Waals surface area (Å²) in [5.41, 5.74) is 8.76. The fourth-order valence-electron chi connectivity index (χ4n) is 1.77. The van der Waals surface area contributed by atoms with Gasteiger partial charge in [0.05, 0.1) is 0 Å². The summed E-state index contributed by atoms with van der Waals surface area (Å²) in [4.78, 5) is 2.12. The Morgan fingerprint density at radius 2 is 2.07 bits per heavy atom. The van der Waals surface area contributed by atoms with Gasteiger partial charge in [-0.15, -0.1) is 0 Å². The van der Waals surface area contributed by atoms with Crippen LogP contribution in [0.15, 0.2) is 24.3 Å². The van der Waals surface area contributed by atoms with E-state index in [4.69, 9.17) is 5.73 Å². The third kappa shape index (κ3) is 4.02. The Hall–Kier alpha value is -0.860. The van der Waals surface area contributed by atoms with Crippen molar-refractivity contribution in [2.75, 3.05) is 20.6 Å². The van der Waals surface area contributed by atoms with E-state index in [1.807, 2.05) is 0 Å². The fraction of sp³-hybridized carbons (Fsp3) is 0.538. The topological polar surface area (TPSA) is 29.3 Å². The lowest BCUT2D eigenvalue weighted by Gasteiger charge is -2.17. The Bertz CT molecular complexity index is 294. The minimum atomic E-state index is 0.122. The summed E-state index contributed by atoms with van der Waals surface area (Å²) in [6, 6.07) is 8.76. The van der Waals surface area contributed by atoms with Gasteiger partial charge in [-0.25, -0.2) is 0 Å². The predicted octanol–water partition coefficient (Wildman–Crippen LogP) is 2.20. The Morgan fingerprint density at radius 1 is 1.33 bits per heavy atom. The SMILES string of the molecule is CCCc1cccc(C(N)CN(C)C)c1. The first-order valence-corrected chi connectivity index (χ1v) is 5.62. The Balaban J connectivity index is 2.71. The maximum absolute atomic E-state index is 6.12. The van der Waals surface area contributed by atoms with Gasteiger partial charge < -0.3 is 10.6 Å². The van der Waals surface area contributed by atoms with Gasteiger partial charge in [0.25, 0.3) is 0 Å². The molecular weight excluding hydrogens is 184 g/mol. The van der Waals surface area contributed by atoms with E-state index in [9.17, 15) is 0 Å². The van der Waals surface area contributed by atoms with E-state index in [0.717, 1.165) is 13.0 Å². The molecule has 1 unspecified atom stereocenters. The molecule has 0 fully saturated rings. The van der Waals surface area contributed by atoms with Crippen LogP contribution < -0.4 is 5.73 Å². The van der Waals surface area contributed by atoms with Crippen LogP contribution in [0.1, 0.15) is 30.5 Å². The first kappa shape index (κ1) is 12.2. The monoisotopic (exact) mass is 206 g/mol. The molecule has 0 bridgehead atoms. The molecule has 2 N–H and O–H groups in total. The van der Waals surface area contributed by atoms with Crippen LogP contribution >= 0.6 is 0 Å². The van der Waals surface area contributed by atoms with Gasteiger partial charge in [-0.3, -0.25) is 0 Å². The number of likely N-dealkylation sites (N-methyl/N-ethyl adjacent to an activating group) is 1. The number of nitrogens with zero attached hydrogens (tertiary/aromatic N) is 1. The minimum absolute atomic E-state index is 0.122. The van der Waals surface area contributed by atoms with Crippen molar-refractivity contribution in [3.63, 3.8) is 0 Å². The summed E-state index contributed by atoms with van der Waals surface area (Å²) < 4.78 is 0. The number of aryl methyl sites for hydroxylation is 1. The first-order chi connectivity index (χ1) is 7.13. The van der Waals surface area contributed by atoms with E-state index in [1.54, 1.807) is 0 Å². The van der Waals surface area contributed by atoms with Gasteiger partial charge in [-0.2, -0.15) is 0 Å². The number of hydrogen-bond donors (Lipinski definition) is 1. The highest BCUT2D eigenvalue weighted by atomic mass is 15.1. The molecule has 0 aliphatic heterocycles. The average molecular weight is 206 g/mol. The largest absolute Gasteiger partial charge is 0.323 e. The smallest absolute Gasteiger partial charge is 0.0424 e. The summed E-state index contributed by atoms with van der Waals surface area (Å²) in [6.45, 7) is 3.10. The molecule has 0 heterocycles. The number of rotatable bonds is 5. The van der Waals surface area contributed by atoms with Crippen LogP contribution in [0, 0.1) is 0 Å². The molecule has 1 rings (SSSR count). The van der Waals surface area contributed by atoms with Gasteiger partial charge in [0.15, 0.2) is 0 Å². The van der Waals surface area contributed by atoms with Crippen LogP contribution in [0.5, 0.6) is 0 Å². The molecule has 0 saturated carbocycles. The highest BCUT2D eigenvalue weighted by Gasteiger charge is 2.07. The van der Waals surface area contributed by atoms with E-state index in [-0.39, 0.29) is 6.04 Å². The maximum atomic E-state index is 6.12. The van der Waals surface area contributed by atoms with E-state index in [0.29, 0.717) is 0 Å². The van der Waals surface area contributed by atoms with Gasteiger partial charge in [-0.1, -0.05) is 37.6 Å². The second-order valence-corrected chi connectivity index (χ2v) is 4.36. The van der Waals surface area contributed by atoms with Gasteiger partial charge in [0.1, 0.15) is 0 Å². The lowest BCUT2D eigenvalue weighted by atomic mass is 10.0. The van der Waals surface area contributed by atoms with E-state index in [2.05, 4.69) is 50.2 Å². The normalized spacial score (nSPS) is 13.1. The van der Waals surface area contributed by atoms with Crippen LogP contribution in [0.4, 0.5) is 0 Å². The Labute approximate surface area is 93.1 Å². The predicted molar refractivity (Wildman–Crippen MR) is 65.9 cm³/mol. The van der Waals surface area contributed by atoms with Gasteiger partial charge in [0, 0.05) is 12.6 Å². The highest BCUT2D eigenvalue weighted by molar-refractivity contribution is 5.26. The second-order valence-electron chi connectivity index (χ2n) is 4.36. The van der Waals surface area contributed by atoms with E-state index < -0.39 is 0 Å². The molecule has 1 atom stereocenters. The average Bonchev–Trinajstić information content (AvgIpc) is 2.17. The molecular formula is C13H22N2. The van der Waals surface area contributed by atoms with Gasteiger partial charge >= 0.3 is 0 Å². The van der Waals surface area contributed by atoms with Crippen LogP contribution in [-0.4, -0.2) is 25.5 Å². The fourth-order valence-corrected chi connectivity index (χ4v) is 1.77. The third-order valence-electron chi connectivity index (χ3n) is 2.48. The summed E-state index contributed by atoms with van der Waals surface area (Å²) in [6.07, 6.45) is 2.33. The molecule has 1 aromatic carbocycles. The summed E-state index contributed by atoms with van der Waals surface area (Å²) in [7, 11) is 4.10.